The lowest BCUT2D eigenvalue weighted by atomic mass is 10.1. The van der Waals surface area contributed by atoms with Gasteiger partial charge in [-0.1, -0.05) is 17.7 Å². The first-order valence-electron chi connectivity index (χ1n) is 5.78. The Bertz CT molecular complexity index is 701. The SMILES string of the molecule is CC(NS(=O)(=O)C1CS(=O)(=O)C1)c1c(F)cccc1Cl. The Hall–Kier alpha value is -0.700. The Balaban J connectivity index is 2.18. The summed E-state index contributed by atoms with van der Waals surface area (Å²) in [7, 11) is -7.08. The van der Waals surface area contributed by atoms with Crippen LogP contribution in [0.1, 0.15) is 18.5 Å². The highest BCUT2D eigenvalue weighted by atomic mass is 35.5. The normalized spacial score (nSPS) is 20.4. The van der Waals surface area contributed by atoms with Crippen molar-refractivity contribution >= 4 is 31.5 Å². The molecule has 0 aliphatic carbocycles. The zero-order valence-electron chi connectivity index (χ0n) is 10.5. The summed E-state index contributed by atoms with van der Waals surface area (Å²) < 4.78 is 62.0. The van der Waals surface area contributed by atoms with Gasteiger partial charge in [0.05, 0.1) is 11.5 Å². The average Bonchev–Trinajstić information content (AvgIpc) is 2.24. The summed E-state index contributed by atoms with van der Waals surface area (Å²) in [5, 5.41) is -0.873. The molecule has 1 aromatic carbocycles. The first kappa shape index (κ1) is 15.7. The molecule has 112 valence electrons. The molecule has 1 N–H and O–H groups in total. The van der Waals surface area contributed by atoms with Crippen molar-refractivity contribution in [2.45, 2.75) is 18.2 Å². The highest BCUT2D eigenvalue weighted by molar-refractivity contribution is 7.98. The second-order valence-electron chi connectivity index (χ2n) is 4.72. The molecule has 1 saturated heterocycles. The van der Waals surface area contributed by atoms with Gasteiger partial charge in [0.1, 0.15) is 11.1 Å². The number of sulfonamides is 1. The van der Waals surface area contributed by atoms with Gasteiger partial charge in [-0.25, -0.2) is 25.9 Å². The smallest absolute Gasteiger partial charge is 0.217 e. The Kier molecular flexibility index (Phi) is 4.12. The standard InChI is InChI=1S/C11H13ClFNO4S2/c1-7(11-9(12)3-2-4-10(11)13)14-20(17,18)8-5-19(15,16)6-8/h2-4,7-8,14H,5-6H2,1H3. The van der Waals surface area contributed by atoms with Crippen molar-refractivity contribution in [1.82, 2.24) is 4.72 Å². The number of sulfone groups is 1. The van der Waals surface area contributed by atoms with Crippen molar-refractivity contribution in [2.24, 2.45) is 0 Å². The van der Waals surface area contributed by atoms with Crippen LogP contribution in [0.2, 0.25) is 5.02 Å². The van der Waals surface area contributed by atoms with E-state index >= 15 is 0 Å². The van der Waals surface area contributed by atoms with Crippen molar-refractivity contribution in [3.63, 3.8) is 0 Å². The van der Waals surface area contributed by atoms with Gasteiger partial charge >= 0.3 is 0 Å². The number of hydrogen-bond acceptors (Lipinski definition) is 4. The van der Waals surface area contributed by atoms with Crippen LogP contribution in [0.4, 0.5) is 4.39 Å². The zero-order valence-corrected chi connectivity index (χ0v) is 12.9. The third-order valence-corrected chi connectivity index (χ3v) is 7.56. The lowest BCUT2D eigenvalue weighted by molar-refractivity contribution is 0.532. The van der Waals surface area contributed by atoms with Crippen LogP contribution in [0, 0.1) is 5.82 Å². The Morgan fingerprint density at radius 3 is 2.50 bits per heavy atom. The van der Waals surface area contributed by atoms with Gasteiger partial charge in [0.2, 0.25) is 10.0 Å². The summed E-state index contributed by atoms with van der Waals surface area (Å²) in [6, 6.07) is 3.18. The van der Waals surface area contributed by atoms with E-state index in [2.05, 4.69) is 4.72 Å². The van der Waals surface area contributed by atoms with Gasteiger partial charge in [-0.05, 0) is 19.1 Å². The molecule has 1 fully saturated rings. The molecule has 5 nitrogen and oxygen atoms in total. The van der Waals surface area contributed by atoms with E-state index in [-0.39, 0.29) is 10.6 Å². The quantitative estimate of drug-likeness (QED) is 0.894. The summed E-state index contributed by atoms with van der Waals surface area (Å²) in [6.07, 6.45) is 0. The molecule has 0 bridgehead atoms. The largest absolute Gasteiger partial charge is 0.229 e. The number of halogens is 2. The fraction of sp³-hybridized carbons (Fsp3) is 0.455. The lowest BCUT2D eigenvalue weighted by Gasteiger charge is -2.27. The Morgan fingerprint density at radius 1 is 1.40 bits per heavy atom. The van der Waals surface area contributed by atoms with Crippen LogP contribution in [0.5, 0.6) is 0 Å². The van der Waals surface area contributed by atoms with E-state index < -0.39 is 48.5 Å². The summed E-state index contributed by atoms with van der Waals surface area (Å²) in [5.41, 5.74) is 0.0416. The van der Waals surface area contributed by atoms with Crippen molar-refractivity contribution in [3.8, 4) is 0 Å². The van der Waals surface area contributed by atoms with Crippen LogP contribution in [-0.4, -0.2) is 33.6 Å². The number of nitrogens with one attached hydrogen (secondary N) is 1. The molecule has 0 saturated carbocycles. The van der Waals surface area contributed by atoms with Gasteiger partial charge in [-0.3, -0.25) is 0 Å². The monoisotopic (exact) mass is 341 g/mol. The zero-order chi connectivity index (χ0) is 15.1. The number of benzene rings is 1. The second-order valence-corrected chi connectivity index (χ2v) is 9.27. The third kappa shape index (κ3) is 3.13. The van der Waals surface area contributed by atoms with Gasteiger partial charge in [0.25, 0.3) is 0 Å². The third-order valence-electron chi connectivity index (χ3n) is 3.09. The lowest BCUT2D eigenvalue weighted by Crippen LogP contribution is -2.51. The van der Waals surface area contributed by atoms with Gasteiger partial charge < -0.3 is 0 Å². The molecule has 1 aliphatic rings. The highest BCUT2D eigenvalue weighted by Gasteiger charge is 2.43. The van der Waals surface area contributed by atoms with E-state index in [1.54, 1.807) is 0 Å². The second kappa shape index (κ2) is 5.25. The molecule has 0 spiro atoms. The average molecular weight is 342 g/mol. The van der Waals surface area contributed by atoms with Crippen LogP contribution in [0.3, 0.4) is 0 Å². The summed E-state index contributed by atoms with van der Waals surface area (Å²) >= 11 is 5.86. The van der Waals surface area contributed by atoms with E-state index in [1.807, 2.05) is 0 Å². The van der Waals surface area contributed by atoms with Crippen LogP contribution in [-0.2, 0) is 19.9 Å². The molecule has 1 atom stereocenters. The molecule has 1 heterocycles. The first-order chi connectivity index (χ1) is 9.12. The molecular weight excluding hydrogens is 329 g/mol. The van der Waals surface area contributed by atoms with Gasteiger partial charge in [0.15, 0.2) is 9.84 Å². The molecule has 20 heavy (non-hydrogen) atoms. The molecule has 0 radical (unpaired) electrons. The van der Waals surface area contributed by atoms with E-state index in [4.69, 9.17) is 11.6 Å². The molecule has 1 unspecified atom stereocenters. The Morgan fingerprint density at radius 2 is 2.00 bits per heavy atom. The predicted molar refractivity (Wildman–Crippen MR) is 74.3 cm³/mol. The summed E-state index contributed by atoms with van der Waals surface area (Å²) in [6.45, 7) is 1.45. The van der Waals surface area contributed by atoms with Crippen molar-refractivity contribution in [2.75, 3.05) is 11.5 Å². The van der Waals surface area contributed by atoms with Crippen molar-refractivity contribution in [1.29, 1.82) is 0 Å². The van der Waals surface area contributed by atoms with E-state index in [0.717, 1.165) is 0 Å². The highest BCUT2D eigenvalue weighted by Crippen LogP contribution is 2.27. The van der Waals surface area contributed by atoms with E-state index in [0.29, 0.717) is 0 Å². The van der Waals surface area contributed by atoms with Gasteiger partial charge in [-0.2, -0.15) is 0 Å². The topological polar surface area (TPSA) is 80.3 Å². The summed E-state index contributed by atoms with van der Waals surface area (Å²) in [4.78, 5) is 0. The number of rotatable bonds is 4. The van der Waals surface area contributed by atoms with Crippen LogP contribution >= 0.6 is 11.6 Å². The number of hydrogen-bond donors (Lipinski definition) is 1. The van der Waals surface area contributed by atoms with Crippen LogP contribution in [0.15, 0.2) is 18.2 Å². The maximum absolute atomic E-state index is 13.7. The van der Waals surface area contributed by atoms with E-state index in [9.17, 15) is 21.2 Å². The fourth-order valence-electron chi connectivity index (χ4n) is 2.02. The van der Waals surface area contributed by atoms with Crippen molar-refractivity contribution in [3.05, 3.63) is 34.6 Å². The maximum atomic E-state index is 13.7. The van der Waals surface area contributed by atoms with Gasteiger partial charge in [-0.15, -0.1) is 0 Å². The molecule has 2 rings (SSSR count). The minimum atomic E-state index is -3.83. The first-order valence-corrected chi connectivity index (χ1v) is 9.52. The minimum absolute atomic E-state index is 0.0416. The molecule has 1 aromatic rings. The minimum Gasteiger partial charge on any atom is -0.229 e. The molecule has 1 aliphatic heterocycles. The molecule has 0 aromatic heterocycles. The maximum Gasteiger partial charge on any atom is 0.217 e. The van der Waals surface area contributed by atoms with Gasteiger partial charge in [0, 0.05) is 16.6 Å². The fourth-order valence-corrected chi connectivity index (χ4v) is 6.87. The molecule has 0 amide bonds. The van der Waals surface area contributed by atoms with Crippen LogP contribution in [0.25, 0.3) is 0 Å². The summed E-state index contributed by atoms with van der Waals surface area (Å²) in [5.74, 6) is -1.42. The Labute approximate surface area is 122 Å². The van der Waals surface area contributed by atoms with Crippen molar-refractivity contribution < 1.29 is 21.2 Å². The van der Waals surface area contributed by atoms with E-state index in [1.165, 1.54) is 25.1 Å². The molecule has 9 heteroatoms. The van der Waals surface area contributed by atoms with Crippen LogP contribution < -0.4 is 4.72 Å². The molecular formula is C11H13ClFNO4S2. The predicted octanol–water partition coefficient (Wildman–Crippen LogP) is 1.26.